The maximum atomic E-state index is 13.6. The number of amides is 1. The van der Waals surface area contributed by atoms with E-state index in [0.717, 1.165) is 0 Å². The lowest BCUT2D eigenvalue weighted by Crippen LogP contribution is -2.16. The topological polar surface area (TPSA) is 123 Å². The number of para-hydroxylation sites is 1. The van der Waals surface area contributed by atoms with Crippen LogP contribution in [0.2, 0.25) is 0 Å². The molecule has 0 bridgehead atoms. The molecule has 9 nitrogen and oxygen atoms in total. The van der Waals surface area contributed by atoms with Gasteiger partial charge in [0.25, 0.3) is 5.91 Å². The fourth-order valence-corrected chi connectivity index (χ4v) is 4.45. The molecule has 0 aliphatic carbocycles. The van der Waals surface area contributed by atoms with Crippen molar-refractivity contribution in [2.45, 2.75) is 27.7 Å². The number of carbonyl (C=O) groups excluding carboxylic acids is 2. The average molecular weight is 690 g/mol. The highest BCUT2D eigenvalue weighted by Gasteiger charge is 2.21. The molecule has 43 heavy (non-hydrogen) atoms. The molecular weight excluding hydrogens is 659 g/mol. The lowest BCUT2D eigenvalue weighted by Gasteiger charge is -2.16. The molecule has 2 heterocycles. The van der Waals surface area contributed by atoms with Crippen molar-refractivity contribution in [3.8, 4) is 17.6 Å². The number of hydrogen-bond acceptors (Lipinski definition) is 8. The van der Waals surface area contributed by atoms with Gasteiger partial charge in [0.15, 0.2) is 5.69 Å². The minimum Gasteiger partial charge on any atom is -0.493 e. The number of alkyl halides is 2. The fraction of sp³-hybridized carbons (Fsp3) is 0.323. The smallest absolute Gasteiger partial charge is 0.356 e. The van der Waals surface area contributed by atoms with Gasteiger partial charge in [-0.25, -0.2) is 14.8 Å². The SMILES string of the molecule is COC(=O)c1cc(OCC(C)C)c2c(Br)ccc(NC(=O)c3cc(OCC(C)C)c4cccc(C#N)c4n3)c2n1.ClCCl. The van der Waals surface area contributed by atoms with Gasteiger partial charge in [-0.1, -0.05) is 33.8 Å². The van der Waals surface area contributed by atoms with Crippen LogP contribution in [0.4, 0.5) is 5.69 Å². The maximum absolute atomic E-state index is 13.6. The van der Waals surface area contributed by atoms with E-state index in [-0.39, 0.29) is 28.6 Å². The number of fused-ring (bicyclic) bond motifs is 2. The number of carbonyl (C=O) groups is 2. The Balaban J connectivity index is 0.00000162. The number of halogens is 3. The Morgan fingerprint density at radius 1 is 0.953 bits per heavy atom. The molecule has 0 spiro atoms. The second kappa shape index (κ2) is 15.7. The molecule has 1 N–H and O–H groups in total. The van der Waals surface area contributed by atoms with Crippen molar-refractivity contribution in [1.29, 1.82) is 5.26 Å². The van der Waals surface area contributed by atoms with Crippen LogP contribution in [-0.2, 0) is 4.74 Å². The molecule has 0 aliphatic rings. The summed E-state index contributed by atoms with van der Waals surface area (Å²) in [6.07, 6.45) is 0. The Morgan fingerprint density at radius 3 is 2.16 bits per heavy atom. The number of benzene rings is 2. The Kier molecular flexibility index (Phi) is 12.4. The monoisotopic (exact) mass is 688 g/mol. The van der Waals surface area contributed by atoms with Gasteiger partial charge in [0.1, 0.15) is 23.3 Å². The van der Waals surface area contributed by atoms with Crippen molar-refractivity contribution < 1.29 is 23.8 Å². The van der Waals surface area contributed by atoms with Crippen LogP contribution in [0, 0.1) is 23.2 Å². The zero-order valence-electron chi connectivity index (χ0n) is 24.3. The molecule has 0 saturated heterocycles. The largest absolute Gasteiger partial charge is 0.493 e. The van der Waals surface area contributed by atoms with Crippen molar-refractivity contribution in [3.05, 3.63) is 63.9 Å². The van der Waals surface area contributed by atoms with E-state index in [1.54, 1.807) is 36.4 Å². The van der Waals surface area contributed by atoms with Gasteiger partial charge in [-0.15, -0.1) is 23.2 Å². The van der Waals surface area contributed by atoms with Gasteiger partial charge in [0.05, 0.1) is 53.3 Å². The number of ether oxygens (including phenoxy) is 3. The van der Waals surface area contributed by atoms with Crippen LogP contribution >= 0.6 is 39.1 Å². The second-order valence-electron chi connectivity index (χ2n) is 10.1. The molecule has 12 heteroatoms. The highest BCUT2D eigenvalue weighted by molar-refractivity contribution is 9.10. The van der Waals surface area contributed by atoms with E-state index in [1.165, 1.54) is 13.2 Å². The molecule has 2 aromatic carbocycles. The van der Waals surface area contributed by atoms with E-state index in [9.17, 15) is 14.9 Å². The minimum absolute atomic E-state index is 0.0363. The summed E-state index contributed by atoms with van der Waals surface area (Å²) in [5.74, 6) is 0.182. The number of aromatic nitrogens is 2. The van der Waals surface area contributed by atoms with Gasteiger partial charge < -0.3 is 19.5 Å². The number of anilines is 1. The Bertz CT molecular complexity index is 1670. The van der Waals surface area contributed by atoms with E-state index in [1.807, 2.05) is 27.7 Å². The van der Waals surface area contributed by atoms with Crippen LogP contribution in [0.5, 0.6) is 11.5 Å². The van der Waals surface area contributed by atoms with Crippen LogP contribution in [-0.4, -0.2) is 47.5 Å². The standard InChI is InChI=1S/C30H29BrN4O5.CH2Cl2/c1-16(2)14-39-24-11-22(33-27-18(13-32)7-6-8-19(24)27)29(36)35-21-10-9-20(31)26-25(40-15-17(3)4)12-23(30(37)38-5)34-28(21)26;2-1-3/h6-12,16-17H,14-15H2,1-5H3,(H,35,36);1H2. The van der Waals surface area contributed by atoms with Gasteiger partial charge in [-0.05, 0) is 52.0 Å². The highest BCUT2D eigenvalue weighted by atomic mass is 79.9. The quantitative estimate of drug-likeness (QED) is 0.139. The fourth-order valence-electron chi connectivity index (χ4n) is 3.93. The highest BCUT2D eigenvalue weighted by Crippen LogP contribution is 2.37. The Morgan fingerprint density at radius 2 is 1.56 bits per heavy atom. The molecule has 0 aliphatic heterocycles. The molecule has 0 saturated carbocycles. The summed E-state index contributed by atoms with van der Waals surface area (Å²) in [6, 6.07) is 13.9. The van der Waals surface area contributed by atoms with Crippen LogP contribution in [0.15, 0.2) is 46.9 Å². The van der Waals surface area contributed by atoms with Crippen LogP contribution < -0.4 is 14.8 Å². The zero-order valence-corrected chi connectivity index (χ0v) is 27.4. The number of nitrogens with one attached hydrogen (secondary N) is 1. The molecule has 0 atom stereocenters. The normalized spacial score (nSPS) is 10.7. The predicted octanol–water partition coefficient (Wildman–Crippen LogP) is 7.95. The first kappa shape index (κ1) is 33.8. The van der Waals surface area contributed by atoms with Gasteiger partial charge in [-0.2, -0.15) is 5.26 Å². The van der Waals surface area contributed by atoms with Crippen LogP contribution in [0.1, 0.15) is 54.2 Å². The van der Waals surface area contributed by atoms with Crippen molar-refractivity contribution >= 4 is 78.5 Å². The van der Waals surface area contributed by atoms with Crippen LogP contribution in [0.25, 0.3) is 21.8 Å². The van der Waals surface area contributed by atoms with Gasteiger partial charge >= 0.3 is 5.97 Å². The average Bonchev–Trinajstić information content (AvgIpc) is 2.99. The summed E-state index contributed by atoms with van der Waals surface area (Å²) in [4.78, 5) is 35.0. The number of methoxy groups -OCH3 is 1. The molecular formula is C31H31BrCl2N4O5. The Hall–Kier alpha value is -3.65. The number of hydrogen-bond donors (Lipinski definition) is 1. The number of rotatable bonds is 9. The first-order chi connectivity index (χ1) is 20.5. The zero-order chi connectivity index (χ0) is 31.7. The summed E-state index contributed by atoms with van der Waals surface area (Å²) >= 11 is 13.1. The van der Waals surface area contributed by atoms with E-state index >= 15 is 0 Å². The van der Waals surface area contributed by atoms with Crippen molar-refractivity contribution in [1.82, 2.24) is 9.97 Å². The van der Waals surface area contributed by atoms with Gasteiger partial charge in [0, 0.05) is 22.0 Å². The molecule has 0 radical (unpaired) electrons. The molecule has 4 rings (SSSR count). The van der Waals surface area contributed by atoms with E-state index < -0.39 is 11.9 Å². The summed E-state index contributed by atoms with van der Waals surface area (Å²) < 4.78 is 17.6. The minimum atomic E-state index is -0.638. The molecule has 0 unspecified atom stereocenters. The maximum Gasteiger partial charge on any atom is 0.356 e. The first-order valence-corrected chi connectivity index (χ1v) is 15.1. The number of esters is 1. The van der Waals surface area contributed by atoms with Crippen molar-refractivity contribution in [2.24, 2.45) is 11.8 Å². The van der Waals surface area contributed by atoms with E-state index in [4.69, 9.17) is 37.4 Å². The lowest BCUT2D eigenvalue weighted by atomic mass is 10.1. The first-order valence-electron chi connectivity index (χ1n) is 13.3. The summed E-state index contributed by atoms with van der Waals surface area (Å²) in [6.45, 7) is 8.89. The molecule has 1 amide bonds. The summed E-state index contributed by atoms with van der Waals surface area (Å²) in [7, 11) is 1.27. The predicted molar refractivity (Wildman–Crippen MR) is 172 cm³/mol. The van der Waals surface area contributed by atoms with Crippen LogP contribution in [0.3, 0.4) is 0 Å². The third-order valence-corrected chi connectivity index (χ3v) is 6.48. The van der Waals surface area contributed by atoms with Gasteiger partial charge in [0.2, 0.25) is 0 Å². The lowest BCUT2D eigenvalue weighted by molar-refractivity contribution is 0.0594. The molecule has 4 aromatic rings. The number of nitriles is 1. The second-order valence-corrected chi connectivity index (χ2v) is 11.8. The van der Waals surface area contributed by atoms with E-state index in [0.29, 0.717) is 62.2 Å². The van der Waals surface area contributed by atoms with Crippen molar-refractivity contribution in [3.63, 3.8) is 0 Å². The van der Waals surface area contributed by atoms with E-state index in [2.05, 4.69) is 37.3 Å². The third-order valence-electron chi connectivity index (χ3n) is 5.82. The van der Waals surface area contributed by atoms with Crippen molar-refractivity contribution in [2.75, 3.05) is 31.0 Å². The van der Waals surface area contributed by atoms with Gasteiger partial charge in [-0.3, -0.25) is 4.79 Å². The summed E-state index contributed by atoms with van der Waals surface area (Å²) in [5, 5.41) is 13.9. The summed E-state index contributed by atoms with van der Waals surface area (Å²) in [5.41, 5.74) is 1.46. The third kappa shape index (κ3) is 8.47. The number of pyridine rings is 2. The Labute approximate surface area is 268 Å². The molecule has 2 aromatic heterocycles. The molecule has 0 fully saturated rings. The molecule has 226 valence electrons. The number of nitrogens with zero attached hydrogens (tertiary/aromatic N) is 3.